The number of benzene rings is 1. The monoisotopic (exact) mass is 360 g/mol. The zero-order valence-corrected chi connectivity index (χ0v) is 13.5. The second-order valence-electron chi connectivity index (χ2n) is 4.06. The van der Waals surface area contributed by atoms with Gasteiger partial charge in [-0.2, -0.15) is 0 Å². The van der Waals surface area contributed by atoms with E-state index in [4.69, 9.17) is 0 Å². The molecule has 1 N–H and O–H groups in total. The third kappa shape index (κ3) is 3.85. The standard InChI is InChI=1S/C12H13BrN2O2S2/c1-9-2-3-12(11(13)6-9)19(16,17)15-5-4-10-7-18-8-14-10/h2-3,6-8,15H,4-5H2,1H3. The molecular formula is C12H13BrN2O2S2. The second kappa shape index (κ2) is 6.13. The van der Waals surface area contributed by atoms with Crippen molar-refractivity contribution < 1.29 is 8.42 Å². The first-order valence-electron chi connectivity index (χ1n) is 5.62. The Bertz CT molecular complexity index is 654. The van der Waals surface area contributed by atoms with Crippen molar-refractivity contribution in [2.24, 2.45) is 0 Å². The van der Waals surface area contributed by atoms with E-state index in [1.807, 2.05) is 12.3 Å². The zero-order chi connectivity index (χ0) is 13.9. The van der Waals surface area contributed by atoms with Crippen LogP contribution >= 0.6 is 27.3 Å². The van der Waals surface area contributed by atoms with Gasteiger partial charge in [0.2, 0.25) is 10.0 Å². The molecule has 1 aromatic carbocycles. The van der Waals surface area contributed by atoms with Crippen LogP contribution in [-0.2, 0) is 16.4 Å². The van der Waals surface area contributed by atoms with Crippen LogP contribution in [0.5, 0.6) is 0 Å². The van der Waals surface area contributed by atoms with Crippen molar-refractivity contribution in [1.29, 1.82) is 0 Å². The van der Waals surface area contributed by atoms with Crippen molar-refractivity contribution in [1.82, 2.24) is 9.71 Å². The Kier molecular flexibility index (Phi) is 4.72. The molecule has 0 aliphatic carbocycles. The van der Waals surface area contributed by atoms with Crippen LogP contribution < -0.4 is 4.72 Å². The van der Waals surface area contributed by atoms with Crippen LogP contribution in [0.4, 0.5) is 0 Å². The third-order valence-electron chi connectivity index (χ3n) is 2.53. The number of nitrogens with zero attached hydrogens (tertiary/aromatic N) is 1. The average molecular weight is 361 g/mol. The number of hydrogen-bond acceptors (Lipinski definition) is 4. The molecule has 102 valence electrons. The minimum absolute atomic E-state index is 0.261. The number of hydrogen-bond donors (Lipinski definition) is 1. The summed E-state index contributed by atoms with van der Waals surface area (Å²) < 4.78 is 27.4. The molecule has 0 atom stereocenters. The molecule has 1 aromatic heterocycles. The van der Waals surface area contributed by atoms with Crippen molar-refractivity contribution in [3.8, 4) is 0 Å². The lowest BCUT2D eigenvalue weighted by Crippen LogP contribution is -2.26. The number of nitrogens with one attached hydrogen (secondary N) is 1. The molecule has 4 nitrogen and oxygen atoms in total. The zero-order valence-electron chi connectivity index (χ0n) is 10.3. The molecule has 0 fully saturated rings. The van der Waals surface area contributed by atoms with Crippen LogP contribution in [0.1, 0.15) is 11.3 Å². The van der Waals surface area contributed by atoms with Crippen LogP contribution in [-0.4, -0.2) is 19.9 Å². The highest BCUT2D eigenvalue weighted by Gasteiger charge is 2.16. The molecular weight excluding hydrogens is 348 g/mol. The van der Waals surface area contributed by atoms with Gasteiger partial charge in [-0.3, -0.25) is 0 Å². The lowest BCUT2D eigenvalue weighted by atomic mass is 10.2. The van der Waals surface area contributed by atoms with Crippen molar-refractivity contribution >= 4 is 37.3 Å². The maximum Gasteiger partial charge on any atom is 0.241 e. The minimum atomic E-state index is -3.48. The third-order valence-corrected chi connectivity index (χ3v) is 5.61. The summed E-state index contributed by atoms with van der Waals surface area (Å²) in [5.74, 6) is 0. The molecule has 2 aromatic rings. The molecule has 19 heavy (non-hydrogen) atoms. The van der Waals surface area contributed by atoms with Crippen LogP contribution in [0.15, 0.2) is 38.5 Å². The van der Waals surface area contributed by atoms with E-state index in [9.17, 15) is 8.42 Å². The molecule has 0 saturated heterocycles. The molecule has 0 aliphatic heterocycles. The molecule has 0 amide bonds. The van der Waals surface area contributed by atoms with Crippen molar-refractivity contribution in [3.63, 3.8) is 0 Å². The number of sulfonamides is 1. The quantitative estimate of drug-likeness (QED) is 0.891. The summed E-state index contributed by atoms with van der Waals surface area (Å²) in [7, 11) is -3.48. The number of thiazole rings is 1. The fourth-order valence-corrected chi connectivity index (χ4v) is 4.39. The van der Waals surface area contributed by atoms with Gasteiger partial charge in [0.05, 0.1) is 16.1 Å². The van der Waals surface area contributed by atoms with E-state index >= 15 is 0 Å². The van der Waals surface area contributed by atoms with E-state index in [1.54, 1.807) is 23.7 Å². The lowest BCUT2D eigenvalue weighted by Gasteiger charge is -2.08. The first kappa shape index (κ1) is 14.6. The van der Waals surface area contributed by atoms with Crippen LogP contribution in [0.3, 0.4) is 0 Å². The van der Waals surface area contributed by atoms with Gasteiger partial charge in [0, 0.05) is 22.8 Å². The normalized spacial score (nSPS) is 11.7. The van der Waals surface area contributed by atoms with Crippen LogP contribution in [0.25, 0.3) is 0 Å². The van der Waals surface area contributed by atoms with Crippen LogP contribution in [0, 0.1) is 6.92 Å². The van der Waals surface area contributed by atoms with Gasteiger partial charge in [-0.05, 0) is 40.5 Å². The van der Waals surface area contributed by atoms with Crippen LogP contribution in [0.2, 0.25) is 0 Å². The highest BCUT2D eigenvalue weighted by Crippen LogP contribution is 2.22. The summed E-state index contributed by atoms with van der Waals surface area (Å²) in [6, 6.07) is 5.17. The minimum Gasteiger partial charge on any atom is -0.250 e. The molecule has 0 radical (unpaired) electrons. The number of halogens is 1. The molecule has 0 bridgehead atoms. The highest BCUT2D eigenvalue weighted by atomic mass is 79.9. The number of aryl methyl sites for hydroxylation is 1. The fraction of sp³-hybridized carbons (Fsp3) is 0.250. The Morgan fingerprint density at radius 1 is 1.42 bits per heavy atom. The molecule has 0 aliphatic rings. The summed E-state index contributed by atoms with van der Waals surface area (Å²) in [5.41, 5.74) is 3.64. The van der Waals surface area contributed by atoms with Crippen molar-refractivity contribution in [2.75, 3.05) is 6.54 Å². The van der Waals surface area contributed by atoms with Gasteiger partial charge in [-0.15, -0.1) is 11.3 Å². The number of rotatable bonds is 5. The van der Waals surface area contributed by atoms with Gasteiger partial charge in [-0.25, -0.2) is 18.1 Å². The predicted molar refractivity (Wildman–Crippen MR) is 79.9 cm³/mol. The summed E-state index contributed by atoms with van der Waals surface area (Å²) >= 11 is 4.79. The maximum absolute atomic E-state index is 12.1. The Hall–Kier alpha value is -0.760. The predicted octanol–water partition coefficient (Wildman–Crippen LogP) is 2.74. The summed E-state index contributed by atoms with van der Waals surface area (Å²) in [6.07, 6.45) is 0.589. The Morgan fingerprint density at radius 3 is 2.84 bits per heavy atom. The largest absolute Gasteiger partial charge is 0.250 e. The molecule has 1 heterocycles. The Morgan fingerprint density at radius 2 is 2.21 bits per heavy atom. The van der Waals surface area contributed by atoms with Crippen molar-refractivity contribution in [3.05, 3.63) is 44.8 Å². The smallest absolute Gasteiger partial charge is 0.241 e. The van der Waals surface area contributed by atoms with E-state index in [1.165, 1.54) is 11.3 Å². The fourth-order valence-electron chi connectivity index (χ4n) is 1.58. The number of aromatic nitrogens is 1. The summed E-state index contributed by atoms with van der Waals surface area (Å²) in [5, 5.41) is 1.91. The molecule has 2 rings (SSSR count). The molecule has 0 spiro atoms. The average Bonchev–Trinajstić information content (AvgIpc) is 2.81. The summed E-state index contributed by atoms with van der Waals surface area (Å²) in [4.78, 5) is 4.37. The van der Waals surface area contributed by atoms with Gasteiger partial charge in [0.1, 0.15) is 0 Å². The first-order chi connectivity index (χ1) is 8.99. The topological polar surface area (TPSA) is 59.1 Å². The van der Waals surface area contributed by atoms with Gasteiger partial charge in [0.15, 0.2) is 0 Å². The van der Waals surface area contributed by atoms with Gasteiger partial charge in [0.25, 0.3) is 0 Å². The van der Waals surface area contributed by atoms with Crippen molar-refractivity contribution in [2.45, 2.75) is 18.2 Å². The first-order valence-corrected chi connectivity index (χ1v) is 8.84. The molecule has 7 heteroatoms. The van der Waals surface area contributed by atoms with E-state index < -0.39 is 10.0 Å². The van der Waals surface area contributed by atoms with Gasteiger partial charge in [-0.1, -0.05) is 6.07 Å². The Balaban J connectivity index is 2.05. The van der Waals surface area contributed by atoms with E-state index in [0.29, 0.717) is 17.4 Å². The molecule has 0 unspecified atom stereocenters. The highest BCUT2D eigenvalue weighted by molar-refractivity contribution is 9.10. The van der Waals surface area contributed by atoms with Gasteiger partial charge < -0.3 is 0 Å². The SMILES string of the molecule is Cc1ccc(S(=O)(=O)NCCc2cscn2)c(Br)c1. The second-order valence-corrected chi connectivity index (χ2v) is 7.37. The van der Waals surface area contributed by atoms with E-state index in [2.05, 4.69) is 25.6 Å². The van der Waals surface area contributed by atoms with E-state index in [0.717, 1.165) is 11.3 Å². The molecule has 0 saturated carbocycles. The van der Waals surface area contributed by atoms with E-state index in [-0.39, 0.29) is 4.90 Å². The summed E-state index contributed by atoms with van der Waals surface area (Å²) in [6.45, 7) is 2.25. The Labute approximate surface area is 125 Å². The van der Waals surface area contributed by atoms with Gasteiger partial charge >= 0.3 is 0 Å². The maximum atomic E-state index is 12.1. The lowest BCUT2D eigenvalue weighted by molar-refractivity contribution is 0.581.